The van der Waals surface area contributed by atoms with Gasteiger partial charge in [0.25, 0.3) is 0 Å². The Bertz CT molecular complexity index is 346. The molecule has 0 aromatic heterocycles. The Balaban J connectivity index is 1.86. The van der Waals surface area contributed by atoms with Crippen molar-refractivity contribution in [1.29, 1.82) is 0 Å². The lowest BCUT2D eigenvalue weighted by atomic mass is 9.90. The normalized spacial score (nSPS) is 33.4. The van der Waals surface area contributed by atoms with Crippen LogP contribution in [0.1, 0.15) is 58.8 Å². The van der Waals surface area contributed by atoms with Crippen molar-refractivity contribution in [2.75, 3.05) is 0 Å². The van der Waals surface area contributed by atoms with Crippen LogP contribution in [-0.4, -0.2) is 22.8 Å². The summed E-state index contributed by atoms with van der Waals surface area (Å²) in [6.07, 6.45) is 11.0. The Hall–Kier alpha value is -0.830. The minimum atomic E-state index is -0.712. The molecule has 1 aliphatic heterocycles. The second-order valence-electron chi connectivity index (χ2n) is 6.31. The molecule has 1 heterocycles. The lowest BCUT2D eigenvalue weighted by molar-refractivity contribution is -0.141. The third-order valence-electron chi connectivity index (χ3n) is 4.49. The highest BCUT2D eigenvalue weighted by molar-refractivity contribution is 5.72. The van der Waals surface area contributed by atoms with Crippen LogP contribution in [0.2, 0.25) is 0 Å². The molecule has 0 bridgehead atoms. The minimum Gasteiger partial charge on any atom is -0.462 e. The summed E-state index contributed by atoms with van der Waals surface area (Å²) in [5.41, 5.74) is -0.712. The van der Waals surface area contributed by atoms with Gasteiger partial charge in [0.1, 0.15) is 6.10 Å². The number of carbonyl (C=O) groups excluding carboxylic acids is 1. The van der Waals surface area contributed by atoms with Gasteiger partial charge in [-0.25, -0.2) is 0 Å². The molecule has 0 amide bonds. The maximum Gasteiger partial charge on any atom is 0.306 e. The van der Waals surface area contributed by atoms with Crippen LogP contribution in [0.4, 0.5) is 0 Å². The summed E-state index contributed by atoms with van der Waals surface area (Å²) in [4.78, 5) is 11.3. The van der Waals surface area contributed by atoms with E-state index in [0.29, 0.717) is 18.3 Å². The van der Waals surface area contributed by atoms with Gasteiger partial charge in [0.2, 0.25) is 0 Å². The highest BCUT2D eigenvalue weighted by Crippen LogP contribution is 2.42. The topological polar surface area (TPSA) is 46.5 Å². The van der Waals surface area contributed by atoms with E-state index >= 15 is 0 Å². The van der Waals surface area contributed by atoms with Gasteiger partial charge in [-0.05, 0) is 32.1 Å². The molecule has 0 spiro atoms. The number of allylic oxidation sites excluding steroid dienone is 1. The van der Waals surface area contributed by atoms with E-state index in [2.05, 4.69) is 13.0 Å². The van der Waals surface area contributed by atoms with Gasteiger partial charge in [0, 0.05) is 5.92 Å². The summed E-state index contributed by atoms with van der Waals surface area (Å²) in [6.45, 7) is 4.04. The fourth-order valence-corrected chi connectivity index (χ4v) is 3.29. The van der Waals surface area contributed by atoms with E-state index < -0.39 is 5.60 Å². The fourth-order valence-electron chi connectivity index (χ4n) is 3.29. The van der Waals surface area contributed by atoms with E-state index in [0.717, 1.165) is 25.7 Å². The van der Waals surface area contributed by atoms with E-state index in [1.54, 1.807) is 0 Å². The number of hydrogen-bond donors (Lipinski definition) is 1. The van der Waals surface area contributed by atoms with Gasteiger partial charge < -0.3 is 9.84 Å². The molecule has 4 atom stereocenters. The number of ether oxygens (including phenoxy) is 1. The Kier molecular flexibility index (Phi) is 4.67. The SMILES string of the molecule is CCCCC[C@@](C)(O)/C=C/C1CC[C@@H]2OC(=O)C[C@H]12. The van der Waals surface area contributed by atoms with Crippen LogP contribution in [-0.2, 0) is 9.53 Å². The molecule has 1 saturated heterocycles. The standard InChI is InChI=1S/C16H26O3/c1-3-4-5-9-16(2,18)10-8-12-6-7-14-13(12)11-15(17)19-14/h8,10,12-14,18H,3-7,9,11H2,1-2H3/b10-8+/t12?,13-,14+,16-/m1/s1. The summed E-state index contributed by atoms with van der Waals surface area (Å²) in [5.74, 6) is 0.687. The highest BCUT2D eigenvalue weighted by atomic mass is 16.5. The molecule has 0 radical (unpaired) electrons. The maximum absolute atomic E-state index is 11.3. The van der Waals surface area contributed by atoms with Crippen LogP contribution >= 0.6 is 0 Å². The first-order chi connectivity index (χ1) is 9.02. The first kappa shape index (κ1) is 14.6. The van der Waals surface area contributed by atoms with Crippen molar-refractivity contribution < 1.29 is 14.6 Å². The monoisotopic (exact) mass is 266 g/mol. The largest absolute Gasteiger partial charge is 0.462 e. The lowest BCUT2D eigenvalue weighted by Gasteiger charge is -2.20. The van der Waals surface area contributed by atoms with Crippen molar-refractivity contribution in [2.24, 2.45) is 11.8 Å². The number of fused-ring (bicyclic) bond motifs is 1. The van der Waals surface area contributed by atoms with Gasteiger partial charge in [-0.3, -0.25) is 4.79 Å². The molecule has 0 aromatic carbocycles. The number of rotatable bonds is 6. The Morgan fingerprint density at radius 2 is 2.21 bits per heavy atom. The summed E-state index contributed by atoms with van der Waals surface area (Å²) in [7, 11) is 0. The van der Waals surface area contributed by atoms with Crippen molar-refractivity contribution in [3.63, 3.8) is 0 Å². The Morgan fingerprint density at radius 3 is 2.95 bits per heavy atom. The van der Waals surface area contributed by atoms with Crippen LogP contribution in [0.25, 0.3) is 0 Å². The molecule has 1 N–H and O–H groups in total. The smallest absolute Gasteiger partial charge is 0.306 e. The molecular formula is C16H26O3. The van der Waals surface area contributed by atoms with E-state index in [-0.39, 0.29) is 12.1 Å². The molecule has 0 aromatic rings. The Labute approximate surface area is 116 Å². The number of unbranched alkanes of at least 4 members (excludes halogenated alkanes) is 2. The van der Waals surface area contributed by atoms with Gasteiger partial charge in [-0.2, -0.15) is 0 Å². The zero-order valence-corrected chi connectivity index (χ0v) is 12.1. The third-order valence-corrected chi connectivity index (χ3v) is 4.49. The summed E-state index contributed by atoms with van der Waals surface area (Å²) < 4.78 is 5.29. The summed E-state index contributed by atoms with van der Waals surface area (Å²) in [6, 6.07) is 0. The van der Waals surface area contributed by atoms with E-state index in [1.165, 1.54) is 12.8 Å². The lowest BCUT2D eigenvalue weighted by Crippen LogP contribution is -2.21. The van der Waals surface area contributed by atoms with Crippen molar-refractivity contribution in [1.82, 2.24) is 0 Å². The second-order valence-corrected chi connectivity index (χ2v) is 6.31. The first-order valence-corrected chi connectivity index (χ1v) is 7.63. The quantitative estimate of drug-likeness (QED) is 0.456. The van der Waals surface area contributed by atoms with Crippen LogP contribution in [0.3, 0.4) is 0 Å². The molecule has 1 aliphatic carbocycles. The molecule has 2 aliphatic rings. The average Bonchev–Trinajstić information content (AvgIpc) is 2.86. The molecular weight excluding hydrogens is 240 g/mol. The van der Waals surface area contributed by atoms with E-state index in [9.17, 15) is 9.90 Å². The van der Waals surface area contributed by atoms with Crippen molar-refractivity contribution in [2.45, 2.75) is 70.5 Å². The highest BCUT2D eigenvalue weighted by Gasteiger charge is 2.43. The predicted octanol–water partition coefficient (Wildman–Crippen LogP) is 3.22. The van der Waals surface area contributed by atoms with Gasteiger partial charge in [0.15, 0.2) is 0 Å². The fraction of sp³-hybridized carbons (Fsp3) is 0.812. The van der Waals surface area contributed by atoms with Crippen LogP contribution in [0, 0.1) is 11.8 Å². The second kappa shape index (κ2) is 6.08. The van der Waals surface area contributed by atoms with Crippen LogP contribution in [0.5, 0.6) is 0 Å². The van der Waals surface area contributed by atoms with Gasteiger partial charge in [-0.15, -0.1) is 0 Å². The summed E-state index contributed by atoms with van der Waals surface area (Å²) in [5, 5.41) is 10.3. The number of esters is 1. The maximum atomic E-state index is 11.3. The number of carbonyl (C=O) groups is 1. The van der Waals surface area contributed by atoms with E-state index in [1.807, 2.05) is 13.0 Å². The number of hydrogen-bond acceptors (Lipinski definition) is 3. The van der Waals surface area contributed by atoms with E-state index in [4.69, 9.17) is 4.74 Å². The molecule has 3 nitrogen and oxygen atoms in total. The molecule has 1 saturated carbocycles. The van der Waals surface area contributed by atoms with Gasteiger partial charge in [-0.1, -0.05) is 38.3 Å². The third kappa shape index (κ3) is 3.82. The molecule has 108 valence electrons. The predicted molar refractivity (Wildman–Crippen MR) is 74.6 cm³/mol. The molecule has 3 heteroatoms. The average molecular weight is 266 g/mol. The number of aliphatic hydroxyl groups is 1. The first-order valence-electron chi connectivity index (χ1n) is 7.63. The zero-order chi connectivity index (χ0) is 13.9. The minimum absolute atomic E-state index is 0.0530. The molecule has 2 rings (SSSR count). The van der Waals surface area contributed by atoms with Crippen molar-refractivity contribution in [3.05, 3.63) is 12.2 Å². The van der Waals surface area contributed by atoms with Crippen molar-refractivity contribution in [3.8, 4) is 0 Å². The molecule has 2 fully saturated rings. The van der Waals surface area contributed by atoms with Crippen LogP contribution in [0.15, 0.2) is 12.2 Å². The molecule has 1 unspecified atom stereocenters. The van der Waals surface area contributed by atoms with Crippen molar-refractivity contribution >= 4 is 5.97 Å². The van der Waals surface area contributed by atoms with Crippen LogP contribution < -0.4 is 0 Å². The van der Waals surface area contributed by atoms with Gasteiger partial charge >= 0.3 is 5.97 Å². The Morgan fingerprint density at radius 1 is 1.42 bits per heavy atom. The zero-order valence-electron chi connectivity index (χ0n) is 12.1. The molecule has 19 heavy (non-hydrogen) atoms. The summed E-state index contributed by atoms with van der Waals surface area (Å²) >= 11 is 0. The van der Waals surface area contributed by atoms with Gasteiger partial charge in [0.05, 0.1) is 12.0 Å².